The Kier molecular flexibility index (Phi) is 3.57. The van der Waals surface area contributed by atoms with E-state index in [1.807, 2.05) is 0 Å². The van der Waals surface area contributed by atoms with Crippen LogP contribution in [0.4, 0.5) is 0 Å². The first-order valence-corrected chi connectivity index (χ1v) is 6.99. The molecular weight excluding hydrogens is 242 g/mol. The van der Waals surface area contributed by atoms with Gasteiger partial charge in [-0.2, -0.15) is 10.1 Å². The molecule has 0 amide bonds. The zero-order valence-electron chi connectivity index (χ0n) is 11.2. The summed E-state index contributed by atoms with van der Waals surface area (Å²) in [5.74, 6) is 3.57. The van der Waals surface area contributed by atoms with E-state index >= 15 is 0 Å². The van der Waals surface area contributed by atoms with Gasteiger partial charge in [-0.05, 0) is 12.3 Å². The highest BCUT2D eigenvalue weighted by molar-refractivity contribution is 5.00. The van der Waals surface area contributed by atoms with Gasteiger partial charge in [0, 0.05) is 18.8 Å². The van der Waals surface area contributed by atoms with Gasteiger partial charge in [0.1, 0.15) is 12.2 Å². The maximum atomic E-state index is 5.34. The lowest BCUT2D eigenvalue weighted by Gasteiger charge is -2.25. The first kappa shape index (κ1) is 12.3. The molecule has 1 aliphatic rings. The van der Waals surface area contributed by atoms with Crippen LogP contribution in [0.2, 0.25) is 0 Å². The fourth-order valence-electron chi connectivity index (χ4n) is 2.80. The second kappa shape index (κ2) is 5.50. The van der Waals surface area contributed by atoms with Gasteiger partial charge in [0.15, 0.2) is 5.82 Å². The predicted octanol–water partition coefficient (Wildman–Crippen LogP) is 2.27. The Bertz CT molecular complexity index is 507. The summed E-state index contributed by atoms with van der Waals surface area (Å²) in [4.78, 5) is 8.63. The molecule has 0 radical (unpaired) electrons. The highest BCUT2D eigenvalue weighted by Gasteiger charge is 2.27. The number of H-pyrrole nitrogens is 1. The van der Waals surface area contributed by atoms with Gasteiger partial charge >= 0.3 is 0 Å². The van der Waals surface area contributed by atoms with Gasteiger partial charge in [-0.15, -0.1) is 0 Å². The summed E-state index contributed by atoms with van der Waals surface area (Å²) in [5.41, 5.74) is 0. The van der Waals surface area contributed by atoms with E-state index in [0.717, 1.165) is 18.1 Å². The SMILES string of the molecule is C[C@H]1CCCC[C@@H]1c1noc(CCc2ncn[nH]2)n1. The fraction of sp³-hybridized carbons (Fsp3) is 0.692. The van der Waals surface area contributed by atoms with Crippen LogP contribution in [0.5, 0.6) is 0 Å². The number of aromatic amines is 1. The standard InChI is InChI=1S/C13H19N5O/c1-9-4-2-3-5-10(9)13-16-12(19-18-13)7-6-11-14-8-15-17-11/h8-10H,2-7H2,1H3,(H,14,15,17)/t9-,10-/m0/s1. The Hall–Kier alpha value is -1.72. The molecule has 1 saturated carbocycles. The molecule has 2 atom stereocenters. The van der Waals surface area contributed by atoms with Crippen LogP contribution in [-0.4, -0.2) is 25.3 Å². The van der Waals surface area contributed by atoms with Crippen molar-refractivity contribution in [3.63, 3.8) is 0 Å². The van der Waals surface area contributed by atoms with Gasteiger partial charge in [-0.3, -0.25) is 5.10 Å². The highest BCUT2D eigenvalue weighted by Crippen LogP contribution is 2.35. The minimum atomic E-state index is 0.469. The molecule has 2 heterocycles. The summed E-state index contributed by atoms with van der Waals surface area (Å²) in [6.07, 6.45) is 8.03. The van der Waals surface area contributed by atoms with E-state index < -0.39 is 0 Å². The van der Waals surface area contributed by atoms with Crippen molar-refractivity contribution in [2.75, 3.05) is 0 Å². The van der Waals surface area contributed by atoms with Crippen molar-refractivity contribution in [1.82, 2.24) is 25.3 Å². The third-order valence-corrected chi connectivity index (χ3v) is 3.97. The Morgan fingerprint density at radius 1 is 1.32 bits per heavy atom. The van der Waals surface area contributed by atoms with Crippen LogP contribution in [0.1, 0.15) is 56.1 Å². The van der Waals surface area contributed by atoms with E-state index in [4.69, 9.17) is 4.52 Å². The smallest absolute Gasteiger partial charge is 0.227 e. The quantitative estimate of drug-likeness (QED) is 0.913. The van der Waals surface area contributed by atoms with Crippen LogP contribution in [0, 0.1) is 5.92 Å². The fourth-order valence-corrected chi connectivity index (χ4v) is 2.80. The average Bonchev–Trinajstić information content (AvgIpc) is 3.08. The molecule has 0 bridgehead atoms. The van der Waals surface area contributed by atoms with Crippen LogP contribution < -0.4 is 0 Å². The number of rotatable bonds is 4. The van der Waals surface area contributed by atoms with E-state index in [9.17, 15) is 0 Å². The van der Waals surface area contributed by atoms with Crippen molar-refractivity contribution in [3.05, 3.63) is 23.9 Å². The molecule has 0 aliphatic heterocycles. The predicted molar refractivity (Wildman–Crippen MR) is 68.5 cm³/mol. The Morgan fingerprint density at radius 3 is 3.00 bits per heavy atom. The highest BCUT2D eigenvalue weighted by atomic mass is 16.5. The topological polar surface area (TPSA) is 80.5 Å². The summed E-state index contributed by atoms with van der Waals surface area (Å²) in [5, 5.41) is 10.8. The van der Waals surface area contributed by atoms with Crippen LogP contribution >= 0.6 is 0 Å². The Balaban J connectivity index is 1.62. The number of hydrogen-bond acceptors (Lipinski definition) is 5. The van der Waals surface area contributed by atoms with Crippen molar-refractivity contribution in [1.29, 1.82) is 0 Å². The molecule has 6 nitrogen and oxygen atoms in total. The molecule has 1 fully saturated rings. The number of hydrogen-bond donors (Lipinski definition) is 1. The lowest BCUT2D eigenvalue weighted by Crippen LogP contribution is -2.16. The van der Waals surface area contributed by atoms with Crippen LogP contribution in [0.25, 0.3) is 0 Å². The van der Waals surface area contributed by atoms with Crippen LogP contribution in [0.15, 0.2) is 10.9 Å². The number of aryl methyl sites for hydroxylation is 2. The zero-order chi connectivity index (χ0) is 13.1. The lowest BCUT2D eigenvalue weighted by molar-refractivity contribution is 0.305. The molecule has 102 valence electrons. The van der Waals surface area contributed by atoms with Crippen molar-refractivity contribution < 1.29 is 4.52 Å². The molecule has 19 heavy (non-hydrogen) atoms. The molecule has 1 N–H and O–H groups in total. The Labute approximate surface area is 112 Å². The summed E-state index contributed by atoms with van der Waals surface area (Å²) < 4.78 is 5.34. The normalized spacial score (nSPS) is 23.6. The minimum absolute atomic E-state index is 0.469. The van der Waals surface area contributed by atoms with Crippen LogP contribution in [0.3, 0.4) is 0 Å². The largest absolute Gasteiger partial charge is 0.339 e. The second-order valence-corrected chi connectivity index (χ2v) is 5.35. The summed E-state index contributed by atoms with van der Waals surface area (Å²) in [7, 11) is 0. The maximum Gasteiger partial charge on any atom is 0.227 e. The summed E-state index contributed by atoms with van der Waals surface area (Å²) in [6, 6.07) is 0. The van der Waals surface area contributed by atoms with Gasteiger partial charge in [0.2, 0.25) is 5.89 Å². The molecule has 2 aromatic rings. The monoisotopic (exact) mass is 261 g/mol. The first-order valence-electron chi connectivity index (χ1n) is 6.99. The maximum absolute atomic E-state index is 5.34. The lowest BCUT2D eigenvalue weighted by atomic mass is 9.80. The molecule has 1 aliphatic carbocycles. The zero-order valence-corrected chi connectivity index (χ0v) is 11.2. The number of nitrogens with zero attached hydrogens (tertiary/aromatic N) is 4. The molecule has 6 heteroatoms. The number of nitrogens with one attached hydrogen (secondary N) is 1. The van der Waals surface area contributed by atoms with Crippen molar-refractivity contribution in [2.45, 2.75) is 51.4 Å². The first-order chi connectivity index (χ1) is 9.33. The average molecular weight is 261 g/mol. The van der Waals surface area contributed by atoms with Gasteiger partial charge in [0.25, 0.3) is 0 Å². The van der Waals surface area contributed by atoms with Gasteiger partial charge in [-0.25, -0.2) is 4.98 Å². The van der Waals surface area contributed by atoms with Gasteiger partial charge < -0.3 is 4.52 Å². The minimum Gasteiger partial charge on any atom is -0.339 e. The second-order valence-electron chi connectivity index (χ2n) is 5.35. The van der Waals surface area contributed by atoms with Gasteiger partial charge in [-0.1, -0.05) is 31.3 Å². The van der Waals surface area contributed by atoms with Crippen LogP contribution in [-0.2, 0) is 12.8 Å². The van der Waals surface area contributed by atoms with E-state index in [1.54, 1.807) is 0 Å². The molecule has 0 saturated heterocycles. The molecular formula is C13H19N5O. The van der Waals surface area contributed by atoms with Crippen molar-refractivity contribution >= 4 is 0 Å². The molecule has 3 rings (SSSR count). The van der Waals surface area contributed by atoms with Gasteiger partial charge in [0.05, 0.1) is 0 Å². The molecule has 0 spiro atoms. The van der Waals surface area contributed by atoms with Crippen molar-refractivity contribution in [3.8, 4) is 0 Å². The summed E-state index contributed by atoms with van der Waals surface area (Å²) in [6.45, 7) is 2.29. The molecule has 0 unspecified atom stereocenters. The van der Waals surface area contributed by atoms with Crippen molar-refractivity contribution in [2.24, 2.45) is 5.92 Å². The molecule has 2 aromatic heterocycles. The summed E-state index contributed by atoms with van der Waals surface area (Å²) >= 11 is 0. The van der Waals surface area contributed by atoms with E-state index in [0.29, 0.717) is 24.1 Å². The third-order valence-electron chi connectivity index (χ3n) is 3.97. The van der Waals surface area contributed by atoms with E-state index in [1.165, 1.54) is 32.0 Å². The van der Waals surface area contributed by atoms with E-state index in [2.05, 4.69) is 32.2 Å². The molecule has 0 aromatic carbocycles. The Morgan fingerprint density at radius 2 is 2.21 bits per heavy atom. The third kappa shape index (κ3) is 2.83. The number of aromatic nitrogens is 5. The van der Waals surface area contributed by atoms with E-state index in [-0.39, 0.29) is 0 Å².